The predicted octanol–water partition coefficient (Wildman–Crippen LogP) is 4.02. The maximum atomic E-state index is 2.32. The molecule has 11 heavy (non-hydrogen) atoms. The van der Waals surface area contributed by atoms with E-state index in [4.69, 9.17) is 0 Å². The summed E-state index contributed by atoms with van der Waals surface area (Å²) in [6.45, 7) is 11.3. The van der Waals surface area contributed by atoms with E-state index < -0.39 is 0 Å². The Morgan fingerprint density at radius 3 is 2.18 bits per heavy atom. The summed E-state index contributed by atoms with van der Waals surface area (Å²) in [5.41, 5.74) is 0.491. The van der Waals surface area contributed by atoms with E-state index in [1.165, 1.54) is 12.8 Å². The van der Waals surface area contributed by atoms with E-state index in [1.807, 2.05) is 0 Å². The number of rotatable bonds is 4. The van der Waals surface area contributed by atoms with Crippen molar-refractivity contribution >= 4 is 0 Å². The van der Waals surface area contributed by atoms with Gasteiger partial charge in [0.25, 0.3) is 0 Å². The summed E-state index contributed by atoms with van der Waals surface area (Å²) in [7, 11) is 0. The molecule has 0 heteroatoms. The molecule has 0 saturated carbocycles. The van der Waals surface area contributed by atoms with Crippen LogP contribution < -0.4 is 0 Å². The lowest BCUT2D eigenvalue weighted by Crippen LogP contribution is -2.07. The lowest BCUT2D eigenvalue weighted by atomic mass is 9.86. The van der Waals surface area contributed by atoms with E-state index in [2.05, 4.69) is 46.8 Å². The van der Waals surface area contributed by atoms with Crippen LogP contribution in [0.15, 0.2) is 12.2 Å². The van der Waals surface area contributed by atoms with Crippen LogP contribution in [0, 0.1) is 11.3 Å². The van der Waals surface area contributed by atoms with Crippen LogP contribution in [0.25, 0.3) is 0 Å². The first-order chi connectivity index (χ1) is 4.98. The van der Waals surface area contributed by atoms with Crippen LogP contribution in [0.5, 0.6) is 0 Å². The van der Waals surface area contributed by atoms with E-state index in [9.17, 15) is 0 Å². The van der Waals surface area contributed by atoms with Crippen LogP contribution in [-0.2, 0) is 0 Å². The fourth-order valence-corrected chi connectivity index (χ4v) is 0.804. The first kappa shape index (κ1) is 10.7. The average molecular weight is 154 g/mol. The van der Waals surface area contributed by atoms with Crippen LogP contribution in [0.1, 0.15) is 47.5 Å². The minimum Gasteiger partial charge on any atom is -0.0877 e. The van der Waals surface area contributed by atoms with Gasteiger partial charge in [0.15, 0.2) is 0 Å². The molecule has 0 fully saturated rings. The minimum atomic E-state index is 0.491. The summed E-state index contributed by atoms with van der Waals surface area (Å²) in [5.74, 6) is 0.697. The van der Waals surface area contributed by atoms with Gasteiger partial charge >= 0.3 is 0 Å². The molecule has 0 aromatic rings. The second-order valence-electron chi connectivity index (χ2n) is 4.39. The zero-order valence-corrected chi connectivity index (χ0v) is 8.65. The molecule has 66 valence electrons. The predicted molar refractivity (Wildman–Crippen MR) is 52.7 cm³/mol. The number of hydrogen-bond acceptors (Lipinski definition) is 0. The summed E-state index contributed by atoms with van der Waals surface area (Å²) in [6.07, 6.45) is 7.07. The van der Waals surface area contributed by atoms with Crippen molar-refractivity contribution in [3.63, 3.8) is 0 Å². The third-order valence-electron chi connectivity index (χ3n) is 2.15. The van der Waals surface area contributed by atoms with Crippen molar-refractivity contribution in [3.8, 4) is 0 Å². The minimum absolute atomic E-state index is 0.491. The third-order valence-corrected chi connectivity index (χ3v) is 2.15. The van der Waals surface area contributed by atoms with E-state index in [1.54, 1.807) is 0 Å². The summed E-state index contributed by atoms with van der Waals surface area (Å²) in [5, 5.41) is 0. The first-order valence-corrected chi connectivity index (χ1v) is 4.64. The Morgan fingerprint density at radius 1 is 1.27 bits per heavy atom. The third kappa shape index (κ3) is 6.15. The fourth-order valence-electron chi connectivity index (χ4n) is 0.804. The van der Waals surface area contributed by atoms with E-state index in [0.29, 0.717) is 11.3 Å². The van der Waals surface area contributed by atoms with Gasteiger partial charge < -0.3 is 0 Å². The maximum absolute atomic E-state index is 2.32. The lowest BCUT2D eigenvalue weighted by Gasteiger charge is -2.19. The molecule has 0 aliphatic heterocycles. The Kier molecular flexibility index (Phi) is 4.48. The van der Waals surface area contributed by atoms with Crippen molar-refractivity contribution in [1.29, 1.82) is 0 Å². The van der Waals surface area contributed by atoms with Crippen molar-refractivity contribution in [2.75, 3.05) is 0 Å². The van der Waals surface area contributed by atoms with Crippen molar-refractivity contribution in [3.05, 3.63) is 12.2 Å². The molecule has 0 unspecified atom stereocenters. The summed E-state index contributed by atoms with van der Waals surface area (Å²) in [4.78, 5) is 0. The Hall–Kier alpha value is -0.260. The van der Waals surface area contributed by atoms with Gasteiger partial charge in [-0.1, -0.05) is 53.2 Å². The van der Waals surface area contributed by atoms with Gasteiger partial charge in [-0.25, -0.2) is 0 Å². The molecule has 0 heterocycles. The molecule has 0 aliphatic carbocycles. The fraction of sp³-hybridized carbons (Fsp3) is 0.818. The normalized spacial score (nSPS) is 13.3. The lowest BCUT2D eigenvalue weighted by molar-refractivity contribution is 0.356. The van der Waals surface area contributed by atoms with Gasteiger partial charge in [0.1, 0.15) is 0 Å². The smallest absolute Gasteiger partial charge is 0.0290 e. The van der Waals surface area contributed by atoms with Crippen molar-refractivity contribution in [1.82, 2.24) is 0 Å². The highest BCUT2D eigenvalue weighted by Gasteiger charge is 2.11. The van der Waals surface area contributed by atoms with Gasteiger partial charge in [-0.15, -0.1) is 0 Å². The second kappa shape index (κ2) is 4.58. The highest BCUT2D eigenvalue weighted by Crippen LogP contribution is 2.24. The quantitative estimate of drug-likeness (QED) is 0.536. The van der Waals surface area contributed by atoms with Crippen LogP contribution in [0.4, 0.5) is 0 Å². The zero-order chi connectivity index (χ0) is 8.91. The molecule has 0 amide bonds. The van der Waals surface area contributed by atoms with Gasteiger partial charge in [0, 0.05) is 0 Å². The summed E-state index contributed by atoms with van der Waals surface area (Å²) >= 11 is 0. The van der Waals surface area contributed by atoms with Gasteiger partial charge in [-0.3, -0.25) is 0 Å². The number of allylic oxidation sites excluding steroid dienone is 2. The molecule has 0 aliphatic rings. The van der Waals surface area contributed by atoms with E-state index in [-0.39, 0.29) is 0 Å². The molecule has 0 aromatic heterocycles. The topological polar surface area (TPSA) is 0 Å². The second-order valence-corrected chi connectivity index (χ2v) is 4.39. The Balaban J connectivity index is 3.69. The van der Waals surface area contributed by atoms with Gasteiger partial charge in [0.05, 0.1) is 0 Å². The van der Waals surface area contributed by atoms with Gasteiger partial charge in [-0.05, 0) is 17.8 Å². The molecule has 0 atom stereocenters. The van der Waals surface area contributed by atoms with Crippen LogP contribution in [-0.4, -0.2) is 0 Å². The van der Waals surface area contributed by atoms with Crippen LogP contribution in [0.3, 0.4) is 0 Å². The number of hydrogen-bond donors (Lipinski definition) is 0. The molecule has 0 nitrogen and oxygen atoms in total. The molecule has 0 spiro atoms. The zero-order valence-electron chi connectivity index (χ0n) is 8.65. The summed E-state index contributed by atoms with van der Waals surface area (Å²) < 4.78 is 0. The molecular weight excluding hydrogens is 132 g/mol. The maximum Gasteiger partial charge on any atom is -0.0290 e. The van der Waals surface area contributed by atoms with Gasteiger partial charge in [-0.2, -0.15) is 0 Å². The SMILES string of the molecule is CCC(C)(C)C/C=C\C(C)C. The molecule has 0 aromatic carbocycles. The van der Waals surface area contributed by atoms with Crippen LogP contribution in [0.2, 0.25) is 0 Å². The first-order valence-electron chi connectivity index (χ1n) is 4.64. The molecular formula is C11H22. The standard InChI is InChI=1S/C11H22/c1-6-11(4,5)9-7-8-10(2)3/h7-8,10H,6,9H2,1-5H3/b8-7-. The van der Waals surface area contributed by atoms with Gasteiger partial charge in [0.2, 0.25) is 0 Å². The van der Waals surface area contributed by atoms with Crippen molar-refractivity contribution in [2.24, 2.45) is 11.3 Å². The molecule has 0 saturated heterocycles. The molecule has 0 rings (SSSR count). The van der Waals surface area contributed by atoms with E-state index >= 15 is 0 Å². The monoisotopic (exact) mass is 154 g/mol. The molecule has 0 radical (unpaired) electrons. The average Bonchev–Trinajstić information content (AvgIpc) is 1.87. The largest absolute Gasteiger partial charge is 0.0877 e. The van der Waals surface area contributed by atoms with Crippen molar-refractivity contribution < 1.29 is 0 Å². The Morgan fingerprint density at radius 2 is 1.82 bits per heavy atom. The Bertz CT molecular complexity index is 118. The van der Waals surface area contributed by atoms with Crippen LogP contribution >= 0.6 is 0 Å². The highest BCUT2D eigenvalue weighted by atomic mass is 14.2. The molecule has 0 N–H and O–H groups in total. The highest BCUT2D eigenvalue weighted by molar-refractivity contribution is 4.88. The summed E-state index contributed by atoms with van der Waals surface area (Å²) in [6, 6.07) is 0. The Labute approximate surface area is 71.7 Å². The van der Waals surface area contributed by atoms with Crippen molar-refractivity contribution in [2.45, 2.75) is 47.5 Å². The van der Waals surface area contributed by atoms with E-state index in [0.717, 1.165) is 0 Å². The molecule has 0 bridgehead atoms.